The first-order chi connectivity index (χ1) is 15.7. The molecule has 1 fully saturated rings. The highest BCUT2D eigenvalue weighted by atomic mass is 16.1. The molecule has 0 radical (unpaired) electrons. The van der Waals surface area contributed by atoms with Gasteiger partial charge < -0.3 is 0 Å². The van der Waals surface area contributed by atoms with Crippen molar-refractivity contribution in [1.82, 2.24) is 29.5 Å². The summed E-state index contributed by atoms with van der Waals surface area (Å²) in [6.45, 7) is 2.19. The number of rotatable bonds is 4. The van der Waals surface area contributed by atoms with Gasteiger partial charge in [-0.1, -0.05) is 31.2 Å². The van der Waals surface area contributed by atoms with Crippen molar-refractivity contribution in [2.24, 2.45) is 5.92 Å². The molecule has 2 heterocycles. The first kappa shape index (κ1) is 19.8. The number of carbonyl (C=O) groups excluding carboxylic acids is 1. The van der Waals surface area contributed by atoms with E-state index in [9.17, 15) is 4.79 Å². The van der Waals surface area contributed by atoms with E-state index < -0.39 is 0 Å². The Morgan fingerprint density at radius 3 is 1.56 bits per heavy atom. The molecule has 32 heavy (non-hydrogen) atoms. The van der Waals surface area contributed by atoms with Gasteiger partial charge in [-0.3, -0.25) is 4.79 Å². The first-order valence-corrected chi connectivity index (χ1v) is 10.5. The second kappa shape index (κ2) is 8.55. The van der Waals surface area contributed by atoms with E-state index in [2.05, 4.69) is 27.1 Å². The van der Waals surface area contributed by atoms with Gasteiger partial charge in [-0.15, -0.1) is 0 Å². The van der Waals surface area contributed by atoms with Crippen molar-refractivity contribution in [3.8, 4) is 11.4 Å². The Morgan fingerprint density at radius 1 is 0.750 bits per heavy atom. The van der Waals surface area contributed by atoms with Gasteiger partial charge in [-0.25, -0.2) is 19.3 Å². The molecule has 1 aliphatic carbocycles. The van der Waals surface area contributed by atoms with E-state index in [1.54, 1.807) is 22.0 Å². The van der Waals surface area contributed by atoms with Crippen LogP contribution in [0.5, 0.6) is 0 Å². The minimum absolute atomic E-state index is 0.129. The molecule has 0 atom stereocenters. The molecule has 0 spiro atoms. The molecule has 0 bridgehead atoms. The summed E-state index contributed by atoms with van der Waals surface area (Å²) in [5.74, 6) is 0.540. The highest BCUT2D eigenvalue weighted by Gasteiger charge is 2.25. The predicted octanol–water partition coefficient (Wildman–Crippen LogP) is 4.31. The van der Waals surface area contributed by atoms with Crippen molar-refractivity contribution in [2.45, 2.75) is 19.8 Å². The third-order valence-corrected chi connectivity index (χ3v) is 5.55. The van der Waals surface area contributed by atoms with Crippen LogP contribution in [0.15, 0.2) is 85.0 Å². The monoisotopic (exact) mass is 422 g/mol. The van der Waals surface area contributed by atoms with Gasteiger partial charge in [0.2, 0.25) is 0 Å². The van der Waals surface area contributed by atoms with Gasteiger partial charge in [-0.05, 0) is 66.3 Å². The number of ketones is 1. The van der Waals surface area contributed by atoms with E-state index in [0.29, 0.717) is 5.92 Å². The fourth-order valence-corrected chi connectivity index (χ4v) is 4.00. The molecule has 0 N–H and O–H groups in total. The quantitative estimate of drug-likeness (QED) is 0.458. The molecule has 158 valence electrons. The maximum absolute atomic E-state index is 13.2. The van der Waals surface area contributed by atoms with E-state index in [0.717, 1.165) is 46.5 Å². The van der Waals surface area contributed by atoms with Crippen LogP contribution < -0.4 is 0 Å². The minimum atomic E-state index is 0.129. The Balaban J connectivity index is 1.37. The molecular weight excluding hydrogens is 400 g/mol. The molecular formula is C25H22N6O. The molecule has 0 saturated heterocycles. The van der Waals surface area contributed by atoms with Gasteiger partial charge >= 0.3 is 0 Å². The van der Waals surface area contributed by atoms with E-state index in [1.807, 2.05) is 60.7 Å². The fourth-order valence-electron chi connectivity index (χ4n) is 4.00. The van der Waals surface area contributed by atoms with Gasteiger partial charge in [-0.2, -0.15) is 10.2 Å². The molecule has 0 aliphatic heterocycles. The van der Waals surface area contributed by atoms with Crippen LogP contribution in [0.25, 0.3) is 23.5 Å². The predicted molar refractivity (Wildman–Crippen MR) is 122 cm³/mol. The van der Waals surface area contributed by atoms with Gasteiger partial charge in [0.1, 0.15) is 25.3 Å². The van der Waals surface area contributed by atoms with Crippen molar-refractivity contribution >= 4 is 17.9 Å². The smallest absolute Gasteiger partial charge is 0.185 e. The number of benzene rings is 2. The highest BCUT2D eigenvalue weighted by Crippen LogP contribution is 2.32. The normalized spacial score (nSPS) is 19.0. The lowest BCUT2D eigenvalue weighted by Crippen LogP contribution is -2.18. The summed E-state index contributed by atoms with van der Waals surface area (Å²) in [5.41, 5.74) is 5.57. The fraction of sp³-hybridized carbons (Fsp3) is 0.160. The van der Waals surface area contributed by atoms with Gasteiger partial charge in [0.05, 0.1) is 11.4 Å². The van der Waals surface area contributed by atoms with Crippen molar-refractivity contribution < 1.29 is 4.79 Å². The molecule has 7 heteroatoms. The molecule has 7 nitrogen and oxygen atoms in total. The zero-order valence-corrected chi connectivity index (χ0v) is 17.7. The molecule has 2 aromatic heterocycles. The van der Waals surface area contributed by atoms with Crippen LogP contribution in [-0.2, 0) is 4.79 Å². The Kier molecular flexibility index (Phi) is 5.29. The molecule has 0 amide bonds. The first-order valence-electron chi connectivity index (χ1n) is 10.5. The summed E-state index contributed by atoms with van der Waals surface area (Å²) >= 11 is 0. The summed E-state index contributed by atoms with van der Waals surface area (Å²) in [7, 11) is 0. The van der Waals surface area contributed by atoms with Crippen LogP contribution in [0, 0.1) is 5.92 Å². The zero-order valence-electron chi connectivity index (χ0n) is 17.7. The largest absolute Gasteiger partial charge is 0.289 e. The summed E-state index contributed by atoms with van der Waals surface area (Å²) in [5, 5.41) is 8.29. The van der Waals surface area contributed by atoms with Crippen molar-refractivity contribution in [1.29, 1.82) is 0 Å². The van der Waals surface area contributed by atoms with E-state index >= 15 is 0 Å². The highest BCUT2D eigenvalue weighted by molar-refractivity contribution is 6.14. The van der Waals surface area contributed by atoms with E-state index in [1.165, 1.54) is 12.7 Å². The third-order valence-electron chi connectivity index (χ3n) is 5.55. The number of Topliss-reactive ketones (excluding diaryl/α,β-unsaturated/α-hetero) is 1. The summed E-state index contributed by atoms with van der Waals surface area (Å²) in [6.07, 6.45) is 11.9. The number of hydrogen-bond acceptors (Lipinski definition) is 5. The molecule has 1 aliphatic rings. The number of aromatic nitrogens is 6. The van der Waals surface area contributed by atoms with Crippen LogP contribution in [0.3, 0.4) is 0 Å². The number of hydrogen-bond donors (Lipinski definition) is 0. The third kappa shape index (κ3) is 4.18. The molecule has 5 rings (SSSR count). The van der Waals surface area contributed by atoms with Gasteiger partial charge in [0.25, 0.3) is 0 Å². The second-order valence-corrected chi connectivity index (χ2v) is 8.04. The Labute approximate surface area is 185 Å². The maximum atomic E-state index is 13.2. The summed E-state index contributed by atoms with van der Waals surface area (Å²) in [4.78, 5) is 21.2. The molecule has 4 aromatic rings. The average molecular weight is 422 g/mol. The summed E-state index contributed by atoms with van der Waals surface area (Å²) in [6, 6.07) is 15.9. The van der Waals surface area contributed by atoms with Crippen LogP contribution in [0.2, 0.25) is 0 Å². The summed E-state index contributed by atoms with van der Waals surface area (Å²) < 4.78 is 3.42. The Morgan fingerprint density at radius 2 is 1.19 bits per heavy atom. The number of allylic oxidation sites excluding steroid dienone is 2. The molecule has 2 aromatic carbocycles. The van der Waals surface area contributed by atoms with Crippen LogP contribution in [0.4, 0.5) is 0 Å². The van der Waals surface area contributed by atoms with Crippen molar-refractivity contribution in [2.75, 3.05) is 0 Å². The number of carbonyl (C=O) groups is 1. The van der Waals surface area contributed by atoms with Crippen molar-refractivity contribution in [3.05, 3.63) is 96.1 Å². The van der Waals surface area contributed by atoms with E-state index in [4.69, 9.17) is 0 Å². The second-order valence-electron chi connectivity index (χ2n) is 8.04. The molecule has 0 unspecified atom stereocenters. The Hall–Kier alpha value is -4.13. The number of nitrogens with zero attached hydrogens (tertiary/aromatic N) is 6. The van der Waals surface area contributed by atoms with Crippen molar-refractivity contribution in [3.63, 3.8) is 0 Å². The minimum Gasteiger partial charge on any atom is -0.289 e. The topological polar surface area (TPSA) is 78.5 Å². The zero-order chi connectivity index (χ0) is 21.9. The Bertz CT molecular complexity index is 1170. The molecule has 1 saturated carbocycles. The lowest BCUT2D eigenvalue weighted by molar-refractivity contribution is -0.113. The van der Waals surface area contributed by atoms with E-state index in [-0.39, 0.29) is 5.78 Å². The van der Waals surface area contributed by atoms with Crippen LogP contribution in [-0.4, -0.2) is 35.3 Å². The van der Waals surface area contributed by atoms with Gasteiger partial charge in [0, 0.05) is 11.1 Å². The lowest BCUT2D eigenvalue weighted by Gasteiger charge is -2.22. The average Bonchev–Trinajstić information content (AvgIpc) is 3.53. The maximum Gasteiger partial charge on any atom is 0.185 e. The van der Waals surface area contributed by atoms with Crippen LogP contribution >= 0.6 is 0 Å². The standard InChI is InChI=1S/C25H22N6O/c1-18-10-21(12-19-2-6-23(7-3-19)30-16-26-14-28-30)25(32)22(11-18)13-20-4-8-24(9-5-20)31-17-27-15-29-31/h2-9,12-18H,10-11H2,1H3. The lowest BCUT2D eigenvalue weighted by atomic mass is 9.81. The van der Waals surface area contributed by atoms with Crippen LogP contribution in [0.1, 0.15) is 30.9 Å². The van der Waals surface area contributed by atoms with Gasteiger partial charge in [0.15, 0.2) is 5.78 Å². The SMILES string of the molecule is CC1CC(=Cc2ccc(-n3cncn3)cc2)C(=O)C(=Cc2ccc(-n3cncn3)cc2)C1.